The number of ether oxygens (including phenoxy) is 5. The molecule has 7 rings (SSSR count). The second-order valence-electron chi connectivity index (χ2n) is 15.8. The summed E-state index contributed by atoms with van der Waals surface area (Å²) in [7, 11) is 4.55. The number of carbonyl (C=O) groups excluding carboxylic acids is 3. The van der Waals surface area contributed by atoms with Gasteiger partial charge in [-0.1, -0.05) is 6.07 Å². The first-order valence-corrected chi connectivity index (χ1v) is 19.3. The lowest BCUT2D eigenvalue weighted by Gasteiger charge is -2.49. The quantitative estimate of drug-likeness (QED) is 0.0882. The number of carboxylic acids is 1. The summed E-state index contributed by atoms with van der Waals surface area (Å²) in [6, 6.07) is 1.98. The zero-order chi connectivity index (χ0) is 45.4. The van der Waals surface area contributed by atoms with Gasteiger partial charge in [0, 0.05) is 28.3 Å². The highest BCUT2D eigenvalue weighted by atomic mass is 16.7. The number of aromatic hydroxyl groups is 3. The normalized spacial score (nSPS) is 29.6. The van der Waals surface area contributed by atoms with E-state index in [4.69, 9.17) is 23.7 Å². The van der Waals surface area contributed by atoms with Crippen LogP contribution in [0.1, 0.15) is 78.0 Å². The van der Waals surface area contributed by atoms with Gasteiger partial charge in [0.05, 0.1) is 49.2 Å². The molecule has 2 heterocycles. The summed E-state index contributed by atoms with van der Waals surface area (Å²) in [6.45, 7) is 1.50. The molecule has 0 radical (unpaired) electrons. The number of carbonyl (C=O) groups is 4. The Morgan fingerprint density at radius 2 is 1.50 bits per heavy atom. The summed E-state index contributed by atoms with van der Waals surface area (Å²) >= 11 is 0. The molecule has 21 nitrogen and oxygen atoms in total. The Morgan fingerprint density at radius 1 is 0.855 bits per heavy atom. The first-order chi connectivity index (χ1) is 29.2. The number of aryl methyl sites for hydroxylation is 1. The van der Waals surface area contributed by atoms with Gasteiger partial charge in [0.15, 0.2) is 30.2 Å². The lowest BCUT2D eigenvalue weighted by atomic mass is 9.74. The van der Waals surface area contributed by atoms with Crippen molar-refractivity contribution in [3.05, 3.63) is 68.8 Å². The summed E-state index contributed by atoms with van der Waals surface area (Å²) in [6.07, 6.45) is -15.7. The van der Waals surface area contributed by atoms with E-state index in [1.165, 1.54) is 26.2 Å². The van der Waals surface area contributed by atoms with Crippen molar-refractivity contribution in [2.75, 3.05) is 34.4 Å². The van der Waals surface area contributed by atoms with Gasteiger partial charge >= 0.3 is 5.97 Å². The summed E-state index contributed by atoms with van der Waals surface area (Å²) in [5.74, 6) is -7.17. The lowest BCUT2D eigenvalue weighted by Crippen LogP contribution is -2.65. The zero-order valence-corrected chi connectivity index (χ0v) is 33.7. The fourth-order valence-corrected chi connectivity index (χ4v) is 8.68. The van der Waals surface area contributed by atoms with Crippen LogP contribution in [0.3, 0.4) is 0 Å². The number of nitrogens with zero attached hydrogens (tertiary/aromatic N) is 1. The summed E-state index contributed by atoms with van der Waals surface area (Å²) in [5.41, 5.74) is -3.79. The van der Waals surface area contributed by atoms with E-state index in [0.717, 1.165) is 12.1 Å². The Kier molecular flexibility index (Phi) is 12.1. The number of hydrogen-bond donors (Lipinski definition) is 11. The van der Waals surface area contributed by atoms with Gasteiger partial charge < -0.3 is 85.0 Å². The number of aliphatic hydroxyl groups is 6. The van der Waals surface area contributed by atoms with Gasteiger partial charge in [-0.2, -0.15) is 0 Å². The Morgan fingerprint density at radius 3 is 2.13 bits per heavy atom. The highest BCUT2D eigenvalue weighted by Crippen LogP contribution is 2.57. The molecule has 4 aliphatic rings. The number of carboxylic acid groups (broad SMARTS) is 1. The molecule has 62 heavy (non-hydrogen) atoms. The summed E-state index contributed by atoms with van der Waals surface area (Å²) in [5, 5.41) is 111. The van der Waals surface area contributed by atoms with Crippen molar-refractivity contribution < 1.29 is 93.9 Å². The van der Waals surface area contributed by atoms with E-state index in [1.54, 1.807) is 25.9 Å². The van der Waals surface area contributed by atoms with Crippen molar-refractivity contribution in [1.29, 1.82) is 0 Å². The van der Waals surface area contributed by atoms with Gasteiger partial charge in [0.25, 0.3) is 5.91 Å². The number of amides is 1. The van der Waals surface area contributed by atoms with Gasteiger partial charge in [0.1, 0.15) is 65.7 Å². The van der Waals surface area contributed by atoms with Crippen molar-refractivity contribution in [2.24, 2.45) is 0 Å². The van der Waals surface area contributed by atoms with Crippen LogP contribution in [0.5, 0.6) is 23.0 Å². The molecule has 11 N–H and O–H groups in total. The monoisotopic (exact) mass is 870 g/mol. The number of fused-ring (bicyclic) bond motifs is 5. The molecule has 0 spiro atoms. The van der Waals surface area contributed by atoms with Gasteiger partial charge in [-0.05, 0) is 56.8 Å². The SMILES string of the molecule is COc1cc(O)c2c(c1)C(=O)c1c(cc3c(c1O)-c1c(cc(C)c(C(=O)N[C@H](CO)C(=O)O)c1O)[C@H](O[C@@H]1OC(C)[C@H](N(C)C)C(O[C@@H]4OC[C@@H](O)C(O)C4O)C1O)[C@H]3O)C2=O. The molecule has 334 valence electrons. The third-order valence-corrected chi connectivity index (χ3v) is 11.7. The highest BCUT2D eigenvalue weighted by molar-refractivity contribution is 6.31. The van der Waals surface area contributed by atoms with Crippen molar-refractivity contribution in [1.82, 2.24) is 10.2 Å². The molecule has 2 saturated heterocycles. The molecule has 0 aromatic heterocycles. The van der Waals surface area contributed by atoms with Gasteiger partial charge in [-0.25, -0.2) is 4.79 Å². The Balaban J connectivity index is 1.38. The van der Waals surface area contributed by atoms with Crippen LogP contribution in [0.15, 0.2) is 24.3 Å². The average molecular weight is 871 g/mol. The van der Waals surface area contributed by atoms with Crippen LogP contribution in [0.4, 0.5) is 0 Å². The number of ketones is 2. The van der Waals surface area contributed by atoms with Gasteiger partial charge in [-0.15, -0.1) is 0 Å². The predicted molar refractivity (Wildman–Crippen MR) is 207 cm³/mol. The maximum Gasteiger partial charge on any atom is 0.328 e. The smallest absolute Gasteiger partial charge is 0.328 e. The minimum absolute atomic E-state index is 0.000177. The van der Waals surface area contributed by atoms with Crippen molar-refractivity contribution in [3.63, 3.8) is 0 Å². The number of phenolic OH excluding ortho intramolecular Hbond substituents is 3. The summed E-state index contributed by atoms with van der Waals surface area (Å²) in [4.78, 5) is 55.2. The highest BCUT2D eigenvalue weighted by Gasteiger charge is 2.52. The van der Waals surface area contributed by atoms with Crippen LogP contribution < -0.4 is 10.1 Å². The maximum atomic E-state index is 14.1. The second-order valence-corrected chi connectivity index (χ2v) is 15.8. The minimum atomic E-state index is -1.93. The number of likely N-dealkylation sites (N-methyl/N-ethyl adjacent to an activating group) is 1. The van der Waals surface area contributed by atoms with E-state index < -0.39 is 161 Å². The Labute approximate surface area is 351 Å². The summed E-state index contributed by atoms with van der Waals surface area (Å²) < 4.78 is 29.2. The molecule has 3 aromatic rings. The van der Waals surface area contributed by atoms with Crippen molar-refractivity contribution in [2.45, 2.75) is 87.3 Å². The van der Waals surface area contributed by atoms with E-state index >= 15 is 0 Å². The number of phenols is 3. The number of methoxy groups -OCH3 is 1. The fraction of sp³-hybridized carbons (Fsp3) is 0.463. The molecule has 2 fully saturated rings. The van der Waals surface area contributed by atoms with Gasteiger partial charge in [-0.3, -0.25) is 14.4 Å². The van der Waals surface area contributed by atoms with Crippen molar-refractivity contribution >= 4 is 23.4 Å². The van der Waals surface area contributed by atoms with E-state index in [2.05, 4.69) is 5.32 Å². The fourth-order valence-electron chi connectivity index (χ4n) is 8.68. The van der Waals surface area contributed by atoms with E-state index in [0.29, 0.717) is 0 Å². The molecule has 0 saturated carbocycles. The zero-order valence-electron chi connectivity index (χ0n) is 33.7. The molecule has 12 atom stereocenters. The number of nitrogens with one attached hydrogen (secondary N) is 1. The molecule has 0 bridgehead atoms. The Bertz CT molecular complexity index is 2330. The number of aliphatic hydroxyl groups excluding tert-OH is 6. The number of aliphatic carboxylic acids is 1. The molecule has 2 aliphatic carbocycles. The van der Waals surface area contributed by atoms with Gasteiger partial charge in [0.2, 0.25) is 0 Å². The molecule has 21 heteroatoms. The minimum Gasteiger partial charge on any atom is -0.507 e. The van der Waals surface area contributed by atoms with E-state index in [-0.39, 0.29) is 28.0 Å². The molecule has 1 amide bonds. The van der Waals surface area contributed by atoms with E-state index in [9.17, 15) is 70.2 Å². The standard InChI is InChI=1S/C41H46N2O19/c1-12-6-18-25(32(51)22(12)38(55)42-19(10-44)39(56)57)24-16(9-17-26(33(24)52)29(48)15-7-14(58-5)8-20(45)23(15)28(17)47)30(49)36(18)61-41-35(54)37(27(43(3)4)13(2)60-41)62-40-34(53)31(50)21(46)11-59-40/h6-9,13,19,21,27,30-31,34-37,40-41,44-46,49-54H,10-11H2,1-5H3,(H,42,55)(H,56,57)/t13?,19-,21-,27+,30+,31?,34?,35?,36+,37?,40+,41+/m1/s1. The number of rotatable bonds is 10. The van der Waals surface area contributed by atoms with Crippen LogP contribution in [0, 0.1) is 6.92 Å². The molecule has 5 unspecified atom stereocenters. The molecule has 3 aromatic carbocycles. The number of hydrogen-bond acceptors (Lipinski definition) is 19. The van der Waals surface area contributed by atoms with Crippen molar-refractivity contribution in [3.8, 4) is 34.1 Å². The predicted octanol–water partition coefficient (Wildman–Crippen LogP) is -1.30. The maximum absolute atomic E-state index is 14.1. The third-order valence-electron chi connectivity index (χ3n) is 11.7. The van der Waals surface area contributed by atoms with Crippen LogP contribution in [0.25, 0.3) is 11.1 Å². The van der Waals surface area contributed by atoms with Crippen LogP contribution in [0.2, 0.25) is 0 Å². The van der Waals surface area contributed by atoms with Crippen LogP contribution >= 0.6 is 0 Å². The van der Waals surface area contributed by atoms with Crippen LogP contribution in [-0.2, 0) is 23.7 Å². The average Bonchev–Trinajstić information content (AvgIpc) is 3.21. The molecular weight excluding hydrogens is 824 g/mol. The lowest BCUT2D eigenvalue weighted by molar-refractivity contribution is -0.345. The third kappa shape index (κ3) is 7.23. The Hall–Kier alpha value is -5.30. The molecule has 2 aliphatic heterocycles. The number of benzene rings is 3. The molecular formula is C41H46N2O19. The first kappa shape index (κ1) is 44.7. The van der Waals surface area contributed by atoms with E-state index in [1.807, 2.05) is 0 Å². The second kappa shape index (κ2) is 16.8. The topological polar surface area (TPSA) is 332 Å². The van der Waals surface area contributed by atoms with Crippen LogP contribution in [-0.4, -0.2) is 175 Å². The first-order valence-electron chi connectivity index (χ1n) is 19.3. The largest absolute Gasteiger partial charge is 0.507 e.